The summed E-state index contributed by atoms with van der Waals surface area (Å²) in [7, 11) is 0. The average Bonchev–Trinajstić information content (AvgIpc) is 3.13. The maximum absolute atomic E-state index is 12.4. The number of nitrogens with zero attached hydrogens (tertiary/aromatic N) is 4. The van der Waals surface area contributed by atoms with Gasteiger partial charge in [0.25, 0.3) is 0 Å². The predicted molar refractivity (Wildman–Crippen MR) is 80.2 cm³/mol. The van der Waals surface area contributed by atoms with Crippen LogP contribution in [0.15, 0.2) is 6.20 Å². The Morgan fingerprint density at radius 2 is 2.35 bits per heavy atom. The fourth-order valence-corrected chi connectivity index (χ4v) is 4.38. The fraction of sp³-hybridized carbons (Fsp3) is 0.615. The summed E-state index contributed by atoms with van der Waals surface area (Å²) < 4.78 is 1.19. The van der Waals surface area contributed by atoms with Crippen molar-refractivity contribution in [3.63, 3.8) is 0 Å². The molecule has 0 spiro atoms. The largest absolute Gasteiger partial charge is 0.480 e. The number of amides is 2. The lowest BCUT2D eigenvalue weighted by Crippen LogP contribution is -2.49. The normalized spacial score (nSPS) is 26.4. The molecule has 0 radical (unpaired) electrons. The van der Waals surface area contributed by atoms with Gasteiger partial charge >= 0.3 is 5.97 Å². The highest BCUT2D eigenvalue weighted by atomic mass is 32.2. The zero-order valence-electron chi connectivity index (χ0n) is 12.6. The second-order valence-electron chi connectivity index (χ2n) is 5.78. The number of nitrogens with one attached hydrogen (secondary N) is 1. The molecule has 2 amide bonds. The number of aromatic nitrogens is 3. The molecule has 2 aliphatic heterocycles. The monoisotopic (exact) mass is 339 g/mol. The Morgan fingerprint density at radius 1 is 1.57 bits per heavy atom. The van der Waals surface area contributed by atoms with E-state index in [2.05, 4.69) is 15.6 Å². The molecule has 3 rings (SSSR count). The van der Waals surface area contributed by atoms with Crippen molar-refractivity contribution in [2.75, 3.05) is 5.75 Å². The molecule has 1 aromatic heterocycles. The molecule has 2 unspecified atom stereocenters. The third-order valence-corrected chi connectivity index (χ3v) is 5.58. The smallest absolute Gasteiger partial charge is 0.325 e. The van der Waals surface area contributed by atoms with E-state index in [-0.39, 0.29) is 29.8 Å². The SMILES string of the molecule is CC12CCC(=O)N1C(C(=O)NCc1cn(CC(=O)O)nn1)CS2. The minimum atomic E-state index is -1.01. The van der Waals surface area contributed by atoms with Crippen LogP contribution in [0.2, 0.25) is 0 Å². The van der Waals surface area contributed by atoms with E-state index in [9.17, 15) is 14.4 Å². The Bertz CT molecular complexity index is 663. The van der Waals surface area contributed by atoms with Gasteiger partial charge in [0.2, 0.25) is 11.8 Å². The Balaban J connectivity index is 1.58. The van der Waals surface area contributed by atoms with Crippen molar-refractivity contribution < 1.29 is 19.5 Å². The van der Waals surface area contributed by atoms with E-state index < -0.39 is 12.0 Å². The van der Waals surface area contributed by atoms with Gasteiger partial charge < -0.3 is 15.3 Å². The average molecular weight is 339 g/mol. The maximum Gasteiger partial charge on any atom is 0.325 e. The summed E-state index contributed by atoms with van der Waals surface area (Å²) in [4.78, 5) is 36.4. The van der Waals surface area contributed by atoms with E-state index in [1.165, 1.54) is 10.9 Å². The third-order valence-electron chi connectivity index (χ3n) is 4.07. The lowest BCUT2D eigenvalue weighted by molar-refractivity contribution is -0.138. The lowest BCUT2D eigenvalue weighted by Gasteiger charge is -2.29. The van der Waals surface area contributed by atoms with Gasteiger partial charge in [-0.2, -0.15) is 0 Å². The van der Waals surface area contributed by atoms with E-state index in [4.69, 9.17) is 5.11 Å². The number of fused-ring (bicyclic) bond motifs is 1. The number of rotatable bonds is 5. The third kappa shape index (κ3) is 3.03. The second-order valence-corrected chi connectivity index (χ2v) is 7.29. The molecule has 2 N–H and O–H groups in total. The number of hydrogen-bond acceptors (Lipinski definition) is 6. The topological polar surface area (TPSA) is 117 Å². The van der Waals surface area contributed by atoms with Crippen molar-refractivity contribution in [3.8, 4) is 0 Å². The van der Waals surface area contributed by atoms with Gasteiger partial charge in [-0.3, -0.25) is 14.4 Å². The standard InChI is InChI=1S/C13H17N5O4S/c1-13-3-2-10(19)18(13)9(7-23-13)12(22)14-4-8-5-17(16-15-8)6-11(20)21/h5,9H,2-4,6-7H2,1H3,(H,14,22)(H,20,21). The summed E-state index contributed by atoms with van der Waals surface area (Å²) in [6, 6.07) is -0.464. The van der Waals surface area contributed by atoms with Crippen LogP contribution >= 0.6 is 11.8 Å². The highest BCUT2D eigenvalue weighted by Crippen LogP contribution is 2.47. The molecule has 9 nitrogen and oxygen atoms in total. The number of carboxylic acids is 1. The molecular formula is C13H17N5O4S. The van der Waals surface area contributed by atoms with Crippen molar-refractivity contribution in [2.45, 2.75) is 43.8 Å². The van der Waals surface area contributed by atoms with Crippen LogP contribution in [0, 0.1) is 0 Å². The molecule has 2 fully saturated rings. The van der Waals surface area contributed by atoms with E-state index in [0.717, 1.165) is 6.42 Å². The molecule has 2 saturated heterocycles. The number of thioether (sulfide) groups is 1. The summed E-state index contributed by atoms with van der Waals surface area (Å²) in [5, 5.41) is 18.9. The van der Waals surface area contributed by atoms with Crippen LogP contribution in [0.5, 0.6) is 0 Å². The van der Waals surface area contributed by atoms with Crippen LogP contribution in [0.4, 0.5) is 0 Å². The zero-order valence-corrected chi connectivity index (χ0v) is 13.4. The van der Waals surface area contributed by atoms with Crippen molar-refractivity contribution in [2.24, 2.45) is 0 Å². The minimum absolute atomic E-state index is 0.0186. The van der Waals surface area contributed by atoms with Crippen LogP contribution < -0.4 is 5.32 Å². The van der Waals surface area contributed by atoms with Crippen LogP contribution in [-0.4, -0.2) is 59.4 Å². The van der Waals surface area contributed by atoms with Crippen molar-refractivity contribution in [1.82, 2.24) is 25.2 Å². The van der Waals surface area contributed by atoms with Gasteiger partial charge in [-0.05, 0) is 13.3 Å². The van der Waals surface area contributed by atoms with Gasteiger partial charge in [0.15, 0.2) is 0 Å². The van der Waals surface area contributed by atoms with Crippen molar-refractivity contribution in [3.05, 3.63) is 11.9 Å². The molecule has 0 bridgehead atoms. The van der Waals surface area contributed by atoms with Gasteiger partial charge in [0.1, 0.15) is 18.3 Å². The predicted octanol–water partition coefficient (Wildman–Crippen LogP) is -0.567. The van der Waals surface area contributed by atoms with Crippen molar-refractivity contribution >= 4 is 29.5 Å². The summed E-state index contributed by atoms with van der Waals surface area (Å²) in [5.41, 5.74) is 0.473. The van der Waals surface area contributed by atoms with Gasteiger partial charge in [0, 0.05) is 12.2 Å². The van der Waals surface area contributed by atoms with Gasteiger partial charge in [-0.25, -0.2) is 4.68 Å². The van der Waals surface area contributed by atoms with Crippen LogP contribution in [0.1, 0.15) is 25.5 Å². The molecule has 1 aromatic rings. The summed E-state index contributed by atoms with van der Waals surface area (Å²) in [6.07, 6.45) is 2.73. The Hall–Kier alpha value is -2.10. The van der Waals surface area contributed by atoms with E-state index in [1.54, 1.807) is 16.7 Å². The van der Waals surface area contributed by atoms with Crippen LogP contribution in [0.25, 0.3) is 0 Å². The first-order chi connectivity index (χ1) is 10.9. The maximum atomic E-state index is 12.4. The summed E-state index contributed by atoms with van der Waals surface area (Å²) >= 11 is 1.63. The lowest BCUT2D eigenvalue weighted by atomic mass is 10.2. The van der Waals surface area contributed by atoms with E-state index in [1.807, 2.05) is 6.92 Å². The Kier molecular flexibility index (Phi) is 4.00. The number of carbonyl (C=O) groups excluding carboxylic acids is 2. The number of hydrogen-bond donors (Lipinski definition) is 2. The quantitative estimate of drug-likeness (QED) is 0.738. The summed E-state index contributed by atoms with van der Waals surface area (Å²) in [6.45, 7) is 1.87. The molecule has 10 heteroatoms. The summed E-state index contributed by atoms with van der Waals surface area (Å²) in [5.74, 6) is -0.630. The van der Waals surface area contributed by atoms with E-state index >= 15 is 0 Å². The molecule has 0 aliphatic carbocycles. The molecule has 2 aliphatic rings. The Morgan fingerprint density at radius 3 is 3.09 bits per heavy atom. The molecule has 23 heavy (non-hydrogen) atoms. The Labute approximate surface area is 136 Å². The molecule has 0 saturated carbocycles. The molecular weight excluding hydrogens is 322 g/mol. The highest BCUT2D eigenvalue weighted by molar-refractivity contribution is 8.01. The molecule has 124 valence electrons. The van der Waals surface area contributed by atoms with Gasteiger partial charge in [-0.1, -0.05) is 5.21 Å². The van der Waals surface area contributed by atoms with Gasteiger partial charge in [-0.15, -0.1) is 16.9 Å². The van der Waals surface area contributed by atoms with Gasteiger partial charge in [0.05, 0.1) is 17.6 Å². The number of carboxylic acid groups (broad SMARTS) is 1. The second kappa shape index (κ2) is 5.84. The molecule has 3 heterocycles. The first-order valence-electron chi connectivity index (χ1n) is 7.24. The van der Waals surface area contributed by atoms with E-state index in [0.29, 0.717) is 17.9 Å². The van der Waals surface area contributed by atoms with Crippen molar-refractivity contribution in [1.29, 1.82) is 0 Å². The fourth-order valence-electron chi connectivity index (χ4n) is 2.95. The highest BCUT2D eigenvalue weighted by Gasteiger charge is 2.52. The van der Waals surface area contributed by atoms with Crippen LogP contribution in [-0.2, 0) is 27.5 Å². The molecule has 0 aromatic carbocycles. The number of aliphatic carboxylic acids is 1. The number of carbonyl (C=O) groups is 3. The first-order valence-corrected chi connectivity index (χ1v) is 8.22. The molecule has 2 atom stereocenters. The first kappa shape index (κ1) is 15.8. The van der Waals surface area contributed by atoms with Crippen LogP contribution in [0.3, 0.4) is 0 Å². The zero-order chi connectivity index (χ0) is 16.6. The minimum Gasteiger partial charge on any atom is -0.480 e.